The third-order valence-electron chi connectivity index (χ3n) is 2.28. The Morgan fingerprint density at radius 1 is 1.45 bits per heavy atom. The van der Waals surface area contributed by atoms with Crippen molar-refractivity contribution in [1.29, 1.82) is 0 Å². The van der Waals surface area contributed by atoms with Gasteiger partial charge in [0, 0.05) is 13.0 Å². The molecule has 0 N–H and O–H groups in total. The number of nitrogens with zero attached hydrogens (tertiary/aromatic N) is 3. The van der Waals surface area contributed by atoms with Crippen molar-refractivity contribution < 1.29 is 18.9 Å². The summed E-state index contributed by atoms with van der Waals surface area (Å²) in [6.07, 6.45) is 0. The molecule has 2 aromatic rings. The van der Waals surface area contributed by atoms with E-state index >= 15 is 0 Å². The van der Waals surface area contributed by atoms with Gasteiger partial charge in [0.2, 0.25) is 5.89 Å². The smallest absolute Gasteiger partial charge is 0.337 e. The molecule has 0 spiro atoms. The molecule has 0 radical (unpaired) electrons. The fourth-order valence-electron chi connectivity index (χ4n) is 1.41. The minimum absolute atomic E-state index is 0.154. The molecule has 0 unspecified atom stereocenters. The molecule has 0 fully saturated rings. The van der Waals surface area contributed by atoms with Gasteiger partial charge in [0.25, 0.3) is 10.9 Å². The van der Waals surface area contributed by atoms with Crippen LogP contribution in [0.4, 0.5) is 5.69 Å². The van der Waals surface area contributed by atoms with E-state index < -0.39 is 10.9 Å². The second-order valence-corrected chi connectivity index (χ2v) is 4.61. The van der Waals surface area contributed by atoms with E-state index in [0.29, 0.717) is 5.89 Å². The van der Waals surface area contributed by atoms with Crippen molar-refractivity contribution >= 4 is 23.4 Å². The molecule has 1 aromatic carbocycles. The monoisotopic (exact) mass is 295 g/mol. The van der Waals surface area contributed by atoms with E-state index in [9.17, 15) is 14.9 Å². The van der Waals surface area contributed by atoms with Gasteiger partial charge in [-0.2, -0.15) is 0 Å². The zero-order valence-corrected chi connectivity index (χ0v) is 11.3. The van der Waals surface area contributed by atoms with Gasteiger partial charge in [-0.3, -0.25) is 10.1 Å². The number of hydrogen-bond acceptors (Lipinski definition) is 8. The molecule has 0 aliphatic rings. The van der Waals surface area contributed by atoms with Gasteiger partial charge in [-0.05, 0) is 23.9 Å². The first-order valence-corrected chi connectivity index (χ1v) is 6.17. The maximum Gasteiger partial charge on any atom is 0.337 e. The molecule has 1 heterocycles. The number of ether oxygens (including phenoxy) is 1. The third kappa shape index (κ3) is 2.94. The predicted molar refractivity (Wildman–Crippen MR) is 67.6 cm³/mol. The molecule has 1 aromatic heterocycles. The number of benzene rings is 1. The second kappa shape index (κ2) is 5.70. The molecule has 0 atom stereocenters. The van der Waals surface area contributed by atoms with Gasteiger partial charge in [0.05, 0.1) is 22.5 Å². The molecule has 0 amide bonds. The Labute approximate surface area is 117 Å². The Balaban J connectivity index is 2.41. The van der Waals surface area contributed by atoms with Crippen molar-refractivity contribution in [3.05, 3.63) is 39.8 Å². The van der Waals surface area contributed by atoms with E-state index in [2.05, 4.69) is 14.9 Å². The summed E-state index contributed by atoms with van der Waals surface area (Å²) in [4.78, 5) is 22.1. The average Bonchev–Trinajstić information content (AvgIpc) is 2.82. The number of nitro benzene ring substituents is 1. The van der Waals surface area contributed by atoms with Gasteiger partial charge < -0.3 is 9.15 Å². The van der Waals surface area contributed by atoms with Gasteiger partial charge >= 0.3 is 5.97 Å². The Morgan fingerprint density at radius 3 is 2.75 bits per heavy atom. The maximum absolute atomic E-state index is 11.5. The zero-order chi connectivity index (χ0) is 14.7. The number of aromatic nitrogens is 2. The normalized spacial score (nSPS) is 10.3. The summed E-state index contributed by atoms with van der Waals surface area (Å²) in [7, 11) is 1.23. The number of carbonyl (C=O) groups excluding carboxylic acids is 1. The van der Waals surface area contributed by atoms with Crippen molar-refractivity contribution in [1.82, 2.24) is 10.2 Å². The molecular weight excluding hydrogens is 286 g/mol. The van der Waals surface area contributed by atoms with Crippen LogP contribution >= 0.6 is 11.8 Å². The summed E-state index contributed by atoms with van der Waals surface area (Å²) >= 11 is 0.916. The molecular formula is C11H9N3O5S. The topological polar surface area (TPSA) is 108 Å². The van der Waals surface area contributed by atoms with Gasteiger partial charge in [-0.15, -0.1) is 10.2 Å². The van der Waals surface area contributed by atoms with Gasteiger partial charge in [0.15, 0.2) is 0 Å². The van der Waals surface area contributed by atoms with Crippen LogP contribution in [0.5, 0.6) is 0 Å². The average molecular weight is 295 g/mol. The molecule has 0 aliphatic carbocycles. The van der Waals surface area contributed by atoms with Crippen LogP contribution in [-0.4, -0.2) is 28.2 Å². The van der Waals surface area contributed by atoms with Crippen LogP contribution in [0.3, 0.4) is 0 Å². The lowest BCUT2D eigenvalue weighted by Gasteiger charge is -2.03. The quantitative estimate of drug-likeness (QED) is 0.480. The number of esters is 1. The SMILES string of the molecule is COC(=O)c1ccc([N+](=O)[O-])c(Sc2nnc(C)o2)c1. The third-order valence-corrected chi connectivity index (χ3v) is 3.17. The fourth-order valence-corrected chi connectivity index (χ4v) is 2.27. The lowest BCUT2D eigenvalue weighted by molar-refractivity contribution is -0.387. The minimum Gasteiger partial charge on any atom is -0.465 e. The van der Waals surface area contributed by atoms with Crippen molar-refractivity contribution in [2.24, 2.45) is 0 Å². The van der Waals surface area contributed by atoms with Crippen molar-refractivity contribution in [3.63, 3.8) is 0 Å². The van der Waals surface area contributed by atoms with Crippen molar-refractivity contribution in [2.75, 3.05) is 7.11 Å². The number of aryl methyl sites for hydroxylation is 1. The molecule has 104 valence electrons. The van der Waals surface area contributed by atoms with E-state index in [-0.39, 0.29) is 21.4 Å². The Bertz CT molecular complexity index is 670. The van der Waals surface area contributed by atoms with Gasteiger partial charge in [-0.25, -0.2) is 4.79 Å². The first-order chi connectivity index (χ1) is 9.51. The molecule has 20 heavy (non-hydrogen) atoms. The number of nitro groups is 1. The summed E-state index contributed by atoms with van der Waals surface area (Å²) in [5.74, 6) is -0.234. The summed E-state index contributed by atoms with van der Waals surface area (Å²) in [5, 5.41) is 18.5. The molecule has 0 bridgehead atoms. The molecule has 0 saturated heterocycles. The largest absolute Gasteiger partial charge is 0.465 e. The number of methoxy groups -OCH3 is 1. The molecule has 0 aliphatic heterocycles. The minimum atomic E-state index is -0.580. The summed E-state index contributed by atoms with van der Waals surface area (Å²) < 4.78 is 9.73. The highest BCUT2D eigenvalue weighted by Gasteiger charge is 2.20. The van der Waals surface area contributed by atoms with E-state index in [1.807, 2.05) is 0 Å². The molecule has 9 heteroatoms. The maximum atomic E-state index is 11.5. The van der Waals surface area contributed by atoms with Crippen LogP contribution in [0.2, 0.25) is 0 Å². The van der Waals surface area contributed by atoms with Crippen LogP contribution in [0.25, 0.3) is 0 Å². The Hall–Kier alpha value is -2.42. The van der Waals surface area contributed by atoms with Crippen LogP contribution in [0.15, 0.2) is 32.7 Å². The summed E-state index contributed by atoms with van der Waals surface area (Å²) in [5.41, 5.74) is 0.0512. The summed E-state index contributed by atoms with van der Waals surface area (Å²) in [6.45, 7) is 1.61. The lowest BCUT2D eigenvalue weighted by Crippen LogP contribution is -2.02. The van der Waals surface area contributed by atoms with E-state index in [1.165, 1.54) is 25.3 Å². The number of rotatable bonds is 4. The van der Waals surface area contributed by atoms with Crippen molar-refractivity contribution in [2.45, 2.75) is 17.0 Å². The number of hydrogen-bond donors (Lipinski definition) is 0. The predicted octanol–water partition coefficient (Wildman–Crippen LogP) is 2.22. The highest BCUT2D eigenvalue weighted by Crippen LogP contribution is 2.34. The molecule has 2 rings (SSSR count). The Morgan fingerprint density at radius 2 is 2.20 bits per heavy atom. The second-order valence-electron chi connectivity index (χ2n) is 3.62. The van der Waals surface area contributed by atoms with E-state index in [4.69, 9.17) is 4.42 Å². The van der Waals surface area contributed by atoms with E-state index in [1.54, 1.807) is 6.92 Å². The fraction of sp³-hybridized carbons (Fsp3) is 0.182. The summed E-state index contributed by atoms with van der Waals surface area (Å²) in [6, 6.07) is 3.92. The van der Waals surface area contributed by atoms with Crippen LogP contribution < -0.4 is 0 Å². The first kappa shape index (κ1) is 14.0. The number of carbonyl (C=O) groups is 1. The van der Waals surface area contributed by atoms with E-state index in [0.717, 1.165) is 11.8 Å². The van der Waals surface area contributed by atoms with Gasteiger partial charge in [0.1, 0.15) is 0 Å². The van der Waals surface area contributed by atoms with Crippen LogP contribution in [0, 0.1) is 17.0 Å². The van der Waals surface area contributed by atoms with Gasteiger partial charge in [-0.1, -0.05) is 0 Å². The molecule has 8 nitrogen and oxygen atoms in total. The zero-order valence-electron chi connectivity index (χ0n) is 10.5. The highest BCUT2D eigenvalue weighted by atomic mass is 32.2. The Kier molecular flexibility index (Phi) is 3.99. The first-order valence-electron chi connectivity index (χ1n) is 5.36. The van der Waals surface area contributed by atoms with Crippen LogP contribution in [0.1, 0.15) is 16.2 Å². The highest BCUT2D eigenvalue weighted by molar-refractivity contribution is 7.99. The molecule has 0 saturated carbocycles. The lowest BCUT2D eigenvalue weighted by atomic mass is 10.2. The van der Waals surface area contributed by atoms with Crippen LogP contribution in [-0.2, 0) is 4.74 Å². The van der Waals surface area contributed by atoms with Crippen molar-refractivity contribution in [3.8, 4) is 0 Å². The standard InChI is InChI=1S/C11H9N3O5S/c1-6-12-13-11(19-6)20-9-5-7(10(15)18-2)3-4-8(9)14(16)17/h3-5H,1-2H3.